The Labute approximate surface area is 112 Å². The van der Waals surface area contributed by atoms with E-state index in [9.17, 15) is 23.7 Å². The van der Waals surface area contributed by atoms with E-state index in [0.717, 1.165) is 6.42 Å². The van der Waals surface area contributed by atoms with Gasteiger partial charge >= 0.3 is 5.69 Å². The molecule has 0 aromatic heterocycles. The molecule has 1 heterocycles. The fourth-order valence-corrected chi connectivity index (χ4v) is 1.93. The van der Waals surface area contributed by atoms with Crippen molar-refractivity contribution in [3.63, 3.8) is 0 Å². The molecule has 20 heavy (non-hydrogen) atoms. The van der Waals surface area contributed by atoms with Gasteiger partial charge in [0.1, 0.15) is 5.82 Å². The van der Waals surface area contributed by atoms with Crippen LogP contribution in [0.2, 0.25) is 0 Å². The predicted octanol–water partition coefficient (Wildman–Crippen LogP) is 1.64. The van der Waals surface area contributed by atoms with Gasteiger partial charge in [-0.3, -0.25) is 14.9 Å². The highest BCUT2D eigenvalue weighted by molar-refractivity contribution is 5.94. The van der Waals surface area contributed by atoms with E-state index in [2.05, 4.69) is 5.32 Å². The van der Waals surface area contributed by atoms with Gasteiger partial charge in [-0.15, -0.1) is 0 Å². The number of amides is 1. The van der Waals surface area contributed by atoms with Gasteiger partial charge in [0, 0.05) is 19.1 Å². The second-order valence-corrected chi connectivity index (χ2v) is 4.48. The van der Waals surface area contributed by atoms with Crippen LogP contribution in [-0.2, 0) is 4.74 Å². The first-order chi connectivity index (χ1) is 9.49. The summed E-state index contributed by atoms with van der Waals surface area (Å²) in [7, 11) is 0. The Hall–Kier alpha value is -2.09. The molecule has 1 aromatic carbocycles. The number of nitro benzene ring substituents is 1. The van der Waals surface area contributed by atoms with Crippen molar-refractivity contribution in [2.45, 2.75) is 6.42 Å². The summed E-state index contributed by atoms with van der Waals surface area (Å²) in [6.45, 7) is 1.41. The van der Waals surface area contributed by atoms with E-state index in [1.165, 1.54) is 0 Å². The summed E-state index contributed by atoms with van der Waals surface area (Å²) in [5, 5.41) is 12.9. The Balaban J connectivity index is 2.09. The molecule has 108 valence electrons. The van der Waals surface area contributed by atoms with Crippen LogP contribution in [0.5, 0.6) is 0 Å². The number of hydrogen-bond donors (Lipinski definition) is 1. The van der Waals surface area contributed by atoms with Crippen molar-refractivity contribution in [3.05, 3.63) is 39.4 Å². The van der Waals surface area contributed by atoms with Gasteiger partial charge < -0.3 is 10.1 Å². The standard InChI is InChI=1S/C12H12F2N2O4/c13-9-4-11(16(18)19)10(14)3-8(9)12(17)15-5-7-1-2-20-6-7/h3-4,7H,1-2,5-6H2,(H,15,17). The summed E-state index contributed by atoms with van der Waals surface area (Å²) in [6, 6.07) is 0.941. The summed E-state index contributed by atoms with van der Waals surface area (Å²) < 4.78 is 32.1. The van der Waals surface area contributed by atoms with Gasteiger partial charge in [-0.25, -0.2) is 4.39 Å². The minimum Gasteiger partial charge on any atom is -0.381 e. The maximum absolute atomic E-state index is 13.6. The fourth-order valence-electron chi connectivity index (χ4n) is 1.93. The van der Waals surface area contributed by atoms with E-state index in [0.29, 0.717) is 25.3 Å². The molecule has 1 aliphatic rings. The van der Waals surface area contributed by atoms with Crippen LogP contribution in [-0.4, -0.2) is 30.6 Å². The van der Waals surface area contributed by atoms with Crippen LogP contribution in [0.4, 0.5) is 14.5 Å². The number of ether oxygens (including phenoxy) is 1. The lowest BCUT2D eigenvalue weighted by Crippen LogP contribution is -2.30. The first-order valence-corrected chi connectivity index (χ1v) is 5.98. The molecular formula is C12H12F2N2O4. The molecule has 1 atom stereocenters. The molecule has 0 aliphatic carbocycles. The van der Waals surface area contributed by atoms with Gasteiger partial charge in [0.25, 0.3) is 5.91 Å². The molecule has 0 bridgehead atoms. The molecule has 1 N–H and O–H groups in total. The molecule has 1 aliphatic heterocycles. The second kappa shape index (κ2) is 5.91. The van der Waals surface area contributed by atoms with Crippen LogP contribution in [0.1, 0.15) is 16.8 Å². The lowest BCUT2D eigenvalue weighted by atomic mass is 10.1. The minimum atomic E-state index is -1.24. The lowest BCUT2D eigenvalue weighted by Gasteiger charge is -2.10. The Morgan fingerprint density at radius 3 is 2.80 bits per heavy atom. The Morgan fingerprint density at radius 1 is 1.45 bits per heavy atom. The minimum absolute atomic E-state index is 0.143. The highest BCUT2D eigenvalue weighted by Gasteiger charge is 2.23. The number of nitro groups is 1. The fraction of sp³-hybridized carbons (Fsp3) is 0.417. The zero-order valence-electron chi connectivity index (χ0n) is 10.4. The third-order valence-electron chi connectivity index (χ3n) is 3.05. The van der Waals surface area contributed by atoms with Crippen molar-refractivity contribution >= 4 is 11.6 Å². The molecule has 1 saturated heterocycles. The molecule has 8 heteroatoms. The van der Waals surface area contributed by atoms with E-state index in [1.807, 2.05) is 0 Å². The monoisotopic (exact) mass is 286 g/mol. The van der Waals surface area contributed by atoms with Gasteiger partial charge in [-0.1, -0.05) is 0 Å². The smallest absolute Gasteiger partial charge is 0.307 e. The highest BCUT2D eigenvalue weighted by atomic mass is 19.1. The second-order valence-electron chi connectivity index (χ2n) is 4.48. The molecule has 6 nitrogen and oxygen atoms in total. The van der Waals surface area contributed by atoms with E-state index >= 15 is 0 Å². The average Bonchev–Trinajstić information content (AvgIpc) is 2.91. The van der Waals surface area contributed by atoms with Crippen LogP contribution in [0.25, 0.3) is 0 Å². The zero-order chi connectivity index (χ0) is 14.7. The molecule has 1 fully saturated rings. The van der Waals surface area contributed by atoms with Crippen molar-refractivity contribution in [3.8, 4) is 0 Å². The number of halogens is 2. The first-order valence-electron chi connectivity index (χ1n) is 5.98. The number of carbonyl (C=O) groups excluding carboxylic acids is 1. The van der Waals surface area contributed by atoms with Crippen LogP contribution in [0.3, 0.4) is 0 Å². The quantitative estimate of drug-likeness (QED) is 0.674. The zero-order valence-corrected chi connectivity index (χ0v) is 10.4. The third kappa shape index (κ3) is 3.08. The van der Waals surface area contributed by atoms with Crippen molar-refractivity contribution in [1.29, 1.82) is 0 Å². The predicted molar refractivity (Wildman–Crippen MR) is 64.3 cm³/mol. The number of nitrogens with zero attached hydrogens (tertiary/aromatic N) is 1. The number of nitrogens with one attached hydrogen (secondary N) is 1. The van der Waals surface area contributed by atoms with E-state index in [-0.39, 0.29) is 12.5 Å². The number of rotatable bonds is 4. The number of carbonyl (C=O) groups is 1. The van der Waals surface area contributed by atoms with E-state index in [4.69, 9.17) is 4.74 Å². The maximum Gasteiger partial charge on any atom is 0.307 e. The lowest BCUT2D eigenvalue weighted by molar-refractivity contribution is -0.387. The van der Waals surface area contributed by atoms with Crippen LogP contribution in [0.15, 0.2) is 12.1 Å². The van der Waals surface area contributed by atoms with Gasteiger partial charge in [0.15, 0.2) is 0 Å². The molecule has 0 spiro atoms. The summed E-state index contributed by atoms with van der Waals surface area (Å²) in [5.41, 5.74) is -1.55. The Kier molecular flexibility index (Phi) is 4.23. The van der Waals surface area contributed by atoms with E-state index in [1.54, 1.807) is 0 Å². The van der Waals surface area contributed by atoms with Crippen LogP contribution < -0.4 is 5.32 Å². The largest absolute Gasteiger partial charge is 0.381 e. The molecule has 0 radical (unpaired) electrons. The normalized spacial score (nSPS) is 18.0. The summed E-state index contributed by atoms with van der Waals surface area (Å²) >= 11 is 0. The van der Waals surface area contributed by atoms with Gasteiger partial charge in [0.05, 0.1) is 23.2 Å². The third-order valence-corrected chi connectivity index (χ3v) is 3.05. The van der Waals surface area contributed by atoms with Crippen LogP contribution in [0, 0.1) is 27.7 Å². The first kappa shape index (κ1) is 14.3. The van der Waals surface area contributed by atoms with Crippen molar-refractivity contribution in [1.82, 2.24) is 5.32 Å². The van der Waals surface area contributed by atoms with Gasteiger partial charge in [0.2, 0.25) is 5.82 Å². The molecule has 1 aromatic rings. The molecular weight excluding hydrogens is 274 g/mol. The van der Waals surface area contributed by atoms with E-state index < -0.39 is 33.7 Å². The SMILES string of the molecule is O=C(NCC1CCOC1)c1cc(F)c([N+](=O)[O-])cc1F. The Bertz CT molecular complexity index is 545. The highest BCUT2D eigenvalue weighted by Crippen LogP contribution is 2.21. The topological polar surface area (TPSA) is 81.5 Å². The van der Waals surface area contributed by atoms with Gasteiger partial charge in [-0.05, 0) is 12.5 Å². The van der Waals surface area contributed by atoms with Crippen molar-refractivity contribution < 1.29 is 23.2 Å². The van der Waals surface area contributed by atoms with Crippen molar-refractivity contribution in [2.24, 2.45) is 5.92 Å². The molecule has 1 amide bonds. The average molecular weight is 286 g/mol. The maximum atomic E-state index is 13.6. The Morgan fingerprint density at radius 2 is 2.20 bits per heavy atom. The van der Waals surface area contributed by atoms with Crippen molar-refractivity contribution in [2.75, 3.05) is 19.8 Å². The van der Waals surface area contributed by atoms with Gasteiger partial charge in [-0.2, -0.15) is 4.39 Å². The summed E-state index contributed by atoms with van der Waals surface area (Å²) in [4.78, 5) is 21.1. The number of benzene rings is 1. The number of hydrogen-bond acceptors (Lipinski definition) is 4. The molecule has 0 saturated carbocycles. The summed E-state index contributed by atoms with van der Waals surface area (Å²) in [5.74, 6) is -3.03. The molecule has 2 rings (SSSR count). The molecule has 1 unspecified atom stereocenters. The van der Waals surface area contributed by atoms with Crippen LogP contribution >= 0.6 is 0 Å². The summed E-state index contributed by atoms with van der Waals surface area (Å²) in [6.07, 6.45) is 0.789.